The number of hydrogen-bond donors (Lipinski definition) is 2. The van der Waals surface area contributed by atoms with Crippen LogP contribution in [0.2, 0.25) is 5.02 Å². The maximum absolute atomic E-state index is 11.7. The monoisotopic (exact) mass is 419 g/mol. The van der Waals surface area contributed by atoms with Crippen molar-refractivity contribution in [1.29, 1.82) is 0 Å². The Hall–Kier alpha value is -1.21. The summed E-state index contributed by atoms with van der Waals surface area (Å²) >= 11 is 6.37. The lowest BCUT2D eigenvalue weighted by molar-refractivity contribution is -0.121. The van der Waals surface area contributed by atoms with Crippen molar-refractivity contribution in [3.05, 3.63) is 22.7 Å². The van der Waals surface area contributed by atoms with Crippen LogP contribution in [-0.2, 0) is 11.3 Å². The molecule has 154 valence electrons. The fourth-order valence-electron chi connectivity index (χ4n) is 3.36. The van der Waals surface area contributed by atoms with Crippen LogP contribution in [0.15, 0.2) is 12.1 Å². The van der Waals surface area contributed by atoms with E-state index < -0.39 is 0 Å². The highest BCUT2D eigenvalue weighted by atomic mass is 35.5. The third kappa shape index (κ3) is 7.03. The molecule has 1 unspecified atom stereocenters. The minimum atomic E-state index is 0. The summed E-state index contributed by atoms with van der Waals surface area (Å²) in [6.07, 6.45) is 3.79. The molecule has 8 heteroatoms. The van der Waals surface area contributed by atoms with Crippen molar-refractivity contribution >= 4 is 29.9 Å². The van der Waals surface area contributed by atoms with E-state index in [9.17, 15) is 4.79 Å². The smallest absolute Gasteiger partial charge is 0.221 e. The SMILES string of the molecule is CCOc1cc(CN2CCCCC2CNC(=O)CCN)cc(Cl)c1OC.Cl. The second kappa shape index (κ2) is 12.3. The highest BCUT2D eigenvalue weighted by Crippen LogP contribution is 2.37. The molecule has 0 radical (unpaired) electrons. The van der Waals surface area contributed by atoms with Gasteiger partial charge in [-0.1, -0.05) is 18.0 Å². The highest BCUT2D eigenvalue weighted by molar-refractivity contribution is 6.32. The van der Waals surface area contributed by atoms with Crippen molar-refractivity contribution < 1.29 is 14.3 Å². The molecule has 2 rings (SSSR count). The van der Waals surface area contributed by atoms with E-state index in [0.717, 1.165) is 31.5 Å². The molecule has 0 bridgehead atoms. The molecule has 1 atom stereocenters. The zero-order chi connectivity index (χ0) is 18.9. The number of hydrogen-bond acceptors (Lipinski definition) is 5. The second-order valence-electron chi connectivity index (χ2n) is 6.50. The van der Waals surface area contributed by atoms with E-state index in [1.807, 2.05) is 19.1 Å². The number of piperidine rings is 1. The van der Waals surface area contributed by atoms with Gasteiger partial charge in [0.25, 0.3) is 0 Å². The topological polar surface area (TPSA) is 76.8 Å². The first kappa shape index (κ1) is 23.8. The molecule has 1 fully saturated rings. The van der Waals surface area contributed by atoms with Gasteiger partial charge in [0.2, 0.25) is 5.91 Å². The van der Waals surface area contributed by atoms with E-state index in [1.165, 1.54) is 6.42 Å². The Bertz CT molecular complexity index is 602. The van der Waals surface area contributed by atoms with Gasteiger partial charge in [-0.25, -0.2) is 0 Å². The van der Waals surface area contributed by atoms with Gasteiger partial charge < -0.3 is 20.5 Å². The third-order valence-corrected chi connectivity index (χ3v) is 4.90. The average molecular weight is 420 g/mol. The Morgan fingerprint density at radius 3 is 2.85 bits per heavy atom. The van der Waals surface area contributed by atoms with Crippen molar-refractivity contribution in [2.45, 2.75) is 45.2 Å². The van der Waals surface area contributed by atoms with Crippen molar-refractivity contribution in [3.8, 4) is 11.5 Å². The number of amides is 1. The van der Waals surface area contributed by atoms with Gasteiger partial charge in [0, 0.05) is 32.1 Å². The van der Waals surface area contributed by atoms with E-state index >= 15 is 0 Å². The first-order valence-corrected chi connectivity index (χ1v) is 9.66. The summed E-state index contributed by atoms with van der Waals surface area (Å²) in [5.74, 6) is 1.26. The predicted molar refractivity (Wildman–Crippen MR) is 111 cm³/mol. The molecule has 1 saturated heterocycles. The molecule has 1 aliphatic rings. The summed E-state index contributed by atoms with van der Waals surface area (Å²) in [4.78, 5) is 14.1. The summed E-state index contributed by atoms with van der Waals surface area (Å²) < 4.78 is 11.0. The van der Waals surface area contributed by atoms with Crippen LogP contribution < -0.4 is 20.5 Å². The van der Waals surface area contributed by atoms with Crippen LogP contribution in [0.3, 0.4) is 0 Å². The molecule has 0 aromatic heterocycles. The van der Waals surface area contributed by atoms with Gasteiger partial charge in [-0.15, -0.1) is 12.4 Å². The molecule has 27 heavy (non-hydrogen) atoms. The Kier molecular flexibility index (Phi) is 10.8. The second-order valence-corrected chi connectivity index (χ2v) is 6.91. The number of rotatable bonds is 9. The Balaban J connectivity index is 0.00000364. The molecule has 1 heterocycles. The Morgan fingerprint density at radius 1 is 1.41 bits per heavy atom. The molecule has 1 aliphatic heterocycles. The predicted octanol–water partition coefficient (Wildman–Crippen LogP) is 2.99. The number of carbonyl (C=O) groups is 1. The fraction of sp³-hybridized carbons (Fsp3) is 0.632. The fourth-order valence-corrected chi connectivity index (χ4v) is 3.67. The lowest BCUT2D eigenvalue weighted by atomic mass is 10.0. The first-order valence-electron chi connectivity index (χ1n) is 9.29. The molecule has 1 amide bonds. The minimum absolute atomic E-state index is 0. The van der Waals surface area contributed by atoms with Gasteiger partial charge in [-0.2, -0.15) is 0 Å². The Morgan fingerprint density at radius 2 is 2.19 bits per heavy atom. The van der Waals surface area contributed by atoms with E-state index in [4.69, 9.17) is 26.8 Å². The number of benzene rings is 1. The largest absolute Gasteiger partial charge is 0.491 e. The summed E-state index contributed by atoms with van der Waals surface area (Å²) in [5.41, 5.74) is 6.52. The number of methoxy groups -OCH3 is 1. The van der Waals surface area contributed by atoms with Crippen LogP contribution in [0, 0.1) is 0 Å². The first-order chi connectivity index (χ1) is 12.6. The third-order valence-electron chi connectivity index (χ3n) is 4.61. The maximum Gasteiger partial charge on any atom is 0.221 e. The summed E-state index contributed by atoms with van der Waals surface area (Å²) in [7, 11) is 1.59. The van der Waals surface area contributed by atoms with E-state index in [1.54, 1.807) is 7.11 Å². The van der Waals surface area contributed by atoms with Crippen LogP contribution in [0.1, 0.15) is 38.2 Å². The van der Waals surface area contributed by atoms with Gasteiger partial charge in [-0.05, 0) is 44.0 Å². The molecule has 0 spiro atoms. The van der Waals surface area contributed by atoms with Crippen LogP contribution in [0.25, 0.3) is 0 Å². The minimum Gasteiger partial charge on any atom is -0.491 e. The van der Waals surface area contributed by atoms with Crippen molar-refractivity contribution in [2.75, 3.05) is 33.4 Å². The van der Waals surface area contributed by atoms with Gasteiger partial charge in [0.15, 0.2) is 11.5 Å². The summed E-state index contributed by atoms with van der Waals surface area (Å²) in [5, 5.41) is 3.55. The number of likely N-dealkylation sites (tertiary alicyclic amines) is 1. The average Bonchev–Trinajstić information content (AvgIpc) is 2.61. The number of nitrogens with zero attached hydrogens (tertiary/aromatic N) is 1. The maximum atomic E-state index is 11.7. The van der Waals surface area contributed by atoms with Crippen LogP contribution in [-0.4, -0.2) is 50.2 Å². The quantitative estimate of drug-likeness (QED) is 0.643. The van der Waals surface area contributed by atoms with Gasteiger partial charge in [0.1, 0.15) is 0 Å². The van der Waals surface area contributed by atoms with E-state index in [-0.39, 0.29) is 18.3 Å². The number of ether oxygens (including phenoxy) is 2. The van der Waals surface area contributed by atoms with Crippen molar-refractivity contribution in [1.82, 2.24) is 10.2 Å². The van der Waals surface area contributed by atoms with Crippen LogP contribution >= 0.6 is 24.0 Å². The number of nitrogens with one attached hydrogen (secondary N) is 1. The number of halogens is 2. The lowest BCUT2D eigenvalue weighted by Crippen LogP contribution is -2.46. The molecule has 6 nitrogen and oxygen atoms in total. The molecule has 0 aliphatic carbocycles. The molecule has 1 aromatic rings. The van der Waals surface area contributed by atoms with E-state index in [0.29, 0.717) is 48.7 Å². The molecular formula is C19H31Cl2N3O3. The van der Waals surface area contributed by atoms with Crippen molar-refractivity contribution in [3.63, 3.8) is 0 Å². The zero-order valence-electron chi connectivity index (χ0n) is 16.1. The standard InChI is InChI=1S/C19H30ClN3O3.ClH/c1-3-26-17-11-14(10-16(20)19(17)25-2)13-23-9-5-4-6-15(23)12-22-18(24)7-8-21;/h10-11,15H,3-9,12-13,21H2,1-2H3,(H,22,24);1H. The summed E-state index contributed by atoms with van der Waals surface area (Å²) in [6.45, 7) is 5.29. The molecule has 1 aromatic carbocycles. The number of carbonyl (C=O) groups excluding carboxylic acids is 1. The van der Waals surface area contributed by atoms with Gasteiger partial charge in [-0.3, -0.25) is 9.69 Å². The summed E-state index contributed by atoms with van der Waals surface area (Å²) in [6, 6.07) is 4.25. The highest BCUT2D eigenvalue weighted by Gasteiger charge is 2.23. The van der Waals surface area contributed by atoms with E-state index in [2.05, 4.69) is 10.2 Å². The lowest BCUT2D eigenvalue weighted by Gasteiger charge is -2.36. The number of nitrogens with two attached hydrogens (primary N) is 1. The van der Waals surface area contributed by atoms with Crippen molar-refractivity contribution in [2.24, 2.45) is 5.73 Å². The molecular weight excluding hydrogens is 389 g/mol. The zero-order valence-corrected chi connectivity index (χ0v) is 17.7. The van der Waals surface area contributed by atoms with Crippen LogP contribution in [0.4, 0.5) is 0 Å². The van der Waals surface area contributed by atoms with Gasteiger partial charge >= 0.3 is 0 Å². The molecule has 0 saturated carbocycles. The normalized spacial score (nSPS) is 17.1. The van der Waals surface area contributed by atoms with Gasteiger partial charge in [0.05, 0.1) is 18.7 Å². The van der Waals surface area contributed by atoms with Crippen LogP contribution in [0.5, 0.6) is 11.5 Å². The molecule has 3 N–H and O–H groups in total. The Labute approximate surface area is 173 Å².